The Morgan fingerprint density at radius 1 is 1.09 bits per heavy atom. The second-order valence-corrected chi connectivity index (χ2v) is 10.7. The van der Waals surface area contributed by atoms with E-state index in [1.807, 2.05) is 36.2 Å². The highest BCUT2D eigenvalue weighted by Crippen LogP contribution is 2.43. The zero-order valence-electron chi connectivity index (χ0n) is 18.3. The summed E-state index contributed by atoms with van der Waals surface area (Å²) in [6, 6.07) is 10.3. The first-order chi connectivity index (χ1) is 15.2. The van der Waals surface area contributed by atoms with Gasteiger partial charge in [-0.05, 0) is 67.4 Å². The molecule has 0 bridgehead atoms. The van der Waals surface area contributed by atoms with Crippen LogP contribution in [0.1, 0.15) is 41.6 Å². The molecule has 172 valence electrons. The molecular formula is C24H28F2N2O3S. The number of aliphatic hydroxyl groups is 1. The predicted octanol–water partition coefficient (Wildman–Crippen LogP) is 3.54. The van der Waals surface area contributed by atoms with Gasteiger partial charge in [0.2, 0.25) is 0 Å². The zero-order valence-corrected chi connectivity index (χ0v) is 19.1. The van der Waals surface area contributed by atoms with Crippen LogP contribution in [0.2, 0.25) is 0 Å². The van der Waals surface area contributed by atoms with Crippen molar-refractivity contribution in [1.82, 2.24) is 9.80 Å². The van der Waals surface area contributed by atoms with Crippen molar-refractivity contribution in [2.45, 2.75) is 24.9 Å². The Bertz CT molecular complexity index is 1110. The van der Waals surface area contributed by atoms with E-state index in [-0.39, 0.29) is 29.2 Å². The number of hydrogen-bond donors (Lipinski definition) is 1. The molecule has 0 aromatic heterocycles. The fraction of sp³-hybridized carbons (Fsp3) is 0.417. The first-order valence-electron chi connectivity index (χ1n) is 10.7. The fourth-order valence-corrected chi connectivity index (χ4v) is 6.16. The summed E-state index contributed by atoms with van der Waals surface area (Å²) in [4.78, 5) is 4.25. The summed E-state index contributed by atoms with van der Waals surface area (Å²) in [6.07, 6.45) is 3.33. The minimum Gasteiger partial charge on any atom is -0.394 e. The second-order valence-electron chi connectivity index (χ2n) is 8.71. The smallest absolute Gasteiger partial charge is 0.176 e. The van der Waals surface area contributed by atoms with Gasteiger partial charge in [-0.25, -0.2) is 17.2 Å². The Balaban J connectivity index is 1.71. The van der Waals surface area contributed by atoms with Crippen LogP contribution >= 0.6 is 0 Å². The molecule has 0 aliphatic carbocycles. The highest BCUT2D eigenvalue weighted by molar-refractivity contribution is 8.00. The summed E-state index contributed by atoms with van der Waals surface area (Å²) >= 11 is 0. The van der Waals surface area contributed by atoms with Crippen LogP contribution < -0.4 is 0 Å². The molecule has 2 aliphatic heterocycles. The third-order valence-corrected chi connectivity index (χ3v) is 7.61. The van der Waals surface area contributed by atoms with Crippen LogP contribution in [0.4, 0.5) is 8.78 Å². The Morgan fingerprint density at radius 3 is 2.19 bits per heavy atom. The molecule has 1 N–H and O–H groups in total. The number of halogens is 2. The molecule has 2 fully saturated rings. The predicted molar refractivity (Wildman–Crippen MR) is 121 cm³/mol. The molecule has 5 nitrogen and oxygen atoms in total. The second kappa shape index (κ2) is 9.02. The summed E-state index contributed by atoms with van der Waals surface area (Å²) in [5.41, 5.74) is 2.56. The van der Waals surface area contributed by atoms with Gasteiger partial charge in [-0.1, -0.05) is 24.3 Å². The van der Waals surface area contributed by atoms with Crippen LogP contribution in [0.25, 0.3) is 4.91 Å². The summed E-state index contributed by atoms with van der Waals surface area (Å²) in [5.74, 6) is -1.63. The summed E-state index contributed by atoms with van der Waals surface area (Å²) < 4.78 is 53.0. The van der Waals surface area contributed by atoms with E-state index in [1.165, 1.54) is 0 Å². The highest BCUT2D eigenvalue weighted by atomic mass is 32.2. The highest BCUT2D eigenvalue weighted by Gasteiger charge is 2.37. The zero-order chi connectivity index (χ0) is 23.0. The van der Waals surface area contributed by atoms with Crippen molar-refractivity contribution in [2.24, 2.45) is 0 Å². The Kier molecular flexibility index (Phi) is 6.49. The summed E-state index contributed by atoms with van der Waals surface area (Å²) in [7, 11) is -1.85. The van der Waals surface area contributed by atoms with E-state index in [4.69, 9.17) is 0 Å². The van der Waals surface area contributed by atoms with E-state index in [0.29, 0.717) is 12.1 Å². The van der Waals surface area contributed by atoms with Crippen LogP contribution in [-0.2, 0) is 9.84 Å². The molecule has 2 aromatic carbocycles. The number of hydrogen-bond acceptors (Lipinski definition) is 5. The first-order valence-corrected chi connectivity index (χ1v) is 12.6. The van der Waals surface area contributed by atoms with Gasteiger partial charge in [0, 0.05) is 18.9 Å². The molecule has 2 aliphatic rings. The van der Waals surface area contributed by atoms with Gasteiger partial charge in [-0.15, -0.1) is 0 Å². The van der Waals surface area contributed by atoms with E-state index < -0.39 is 21.5 Å². The minimum atomic E-state index is -3.73. The lowest BCUT2D eigenvalue weighted by atomic mass is 9.87. The number of rotatable bonds is 6. The van der Waals surface area contributed by atoms with E-state index in [2.05, 4.69) is 4.90 Å². The van der Waals surface area contributed by atoms with E-state index >= 15 is 0 Å². The minimum absolute atomic E-state index is 0.0200. The number of likely N-dealkylation sites (tertiary alicyclic amines) is 2. The molecule has 0 saturated carbocycles. The maximum absolute atomic E-state index is 13.8. The molecule has 2 saturated heterocycles. The molecule has 2 unspecified atom stereocenters. The number of nitrogens with zero attached hydrogens (tertiary/aromatic N) is 2. The van der Waals surface area contributed by atoms with Gasteiger partial charge in [0.1, 0.15) is 11.6 Å². The Hall–Kier alpha value is -2.13. The first kappa shape index (κ1) is 23.0. The van der Waals surface area contributed by atoms with Crippen molar-refractivity contribution in [3.8, 4) is 0 Å². The lowest BCUT2D eigenvalue weighted by Gasteiger charge is -2.43. The van der Waals surface area contributed by atoms with Crippen LogP contribution in [0.5, 0.6) is 0 Å². The maximum atomic E-state index is 13.8. The Morgan fingerprint density at radius 2 is 1.69 bits per heavy atom. The molecule has 2 aromatic rings. The average Bonchev–Trinajstić information content (AvgIpc) is 3.22. The van der Waals surface area contributed by atoms with Crippen molar-refractivity contribution < 1.29 is 22.3 Å². The third-order valence-electron chi connectivity index (χ3n) is 6.37. The third kappa shape index (κ3) is 4.50. The van der Waals surface area contributed by atoms with Crippen molar-refractivity contribution in [2.75, 3.05) is 39.5 Å². The largest absolute Gasteiger partial charge is 0.394 e. The number of likely N-dealkylation sites (N-methyl/N-ethyl adjacent to an activating group) is 1. The van der Waals surface area contributed by atoms with E-state index in [0.717, 1.165) is 61.5 Å². The van der Waals surface area contributed by atoms with Gasteiger partial charge in [0.05, 0.1) is 23.6 Å². The molecule has 2 heterocycles. The molecule has 32 heavy (non-hydrogen) atoms. The monoisotopic (exact) mass is 462 g/mol. The number of aliphatic hydroxyl groups excluding tert-OH is 1. The summed E-state index contributed by atoms with van der Waals surface area (Å²) in [5, 5.41) is 9.91. The average molecular weight is 463 g/mol. The molecule has 0 spiro atoms. The van der Waals surface area contributed by atoms with E-state index in [1.54, 1.807) is 0 Å². The van der Waals surface area contributed by atoms with E-state index in [9.17, 15) is 22.3 Å². The SMILES string of the molecule is CN1CC(=C(c2cc(F)cc(F)c2)S(C)(=O)=O)C1c1ccc(C(CO)N2CCCC2)cc1. The molecular weight excluding hydrogens is 434 g/mol. The van der Waals surface area contributed by atoms with Crippen LogP contribution in [0, 0.1) is 11.6 Å². The molecule has 4 rings (SSSR count). The lowest BCUT2D eigenvalue weighted by molar-refractivity contribution is 0.147. The Labute approximate surface area is 187 Å². The van der Waals surface area contributed by atoms with Crippen molar-refractivity contribution in [1.29, 1.82) is 0 Å². The molecule has 2 atom stereocenters. The molecule has 0 radical (unpaired) electrons. The molecule has 0 amide bonds. The van der Waals surface area contributed by atoms with Crippen molar-refractivity contribution >= 4 is 14.7 Å². The van der Waals surface area contributed by atoms with Gasteiger partial charge in [-0.2, -0.15) is 0 Å². The quantitative estimate of drug-likeness (QED) is 0.712. The van der Waals surface area contributed by atoms with Crippen LogP contribution in [0.15, 0.2) is 48.0 Å². The fourth-order valence-electron chi connectivity index (χ4n) is 4.96. The van der Waals surface area contributed by atoms with Gasteiger partial charge >= 0.3 is 0 Å². The van der Waals surface area contributed by atoms with Gasteiger partial charge < -0.3 is 5.11 Å². The normalized spacial score (nSPS) is 22.6. The van der Waals surface area contributed by atoms with Crippen molar-refractivity contribution in [3.05, 3.63) is 76.4 Å². The topological polar surface area (TPSA) is 60.9 Å². The number of benzene rings is 2. The molecule has 8 heteroatoms. The summed E-state index contributed by atoms with van der Waals surface area (Å²) in [6.45, 7) is 2.36. The number of sulfone groups is 1. The maximum Gasteiger partial charge on any atom is 0.176 e. The standard InChI is InChI=1S/C24H28F2N2O3S/c1-27-14-21(24(32(2,30)31)18-11-19(25)13-20(26)12-18)23(27)17-7-5-16(6-8-17)22(15-29)28-9-3-4-10-28/h5-8,11-13,22-23,29H,3-4,9-10,14-15H2,1-2H3. The van der Waals surface area contributed by atoms with Crippen LogP contribution in [0.3, 0.4) is 0 Å². The van der Waals surface area contributed by atoms with Gasteiger partial charge in [0.15, 0.2) is 9.84 Å². The lowest BCUT2D eigenvalue weighted by Crippen LogP contribution is -2.41. The van der Waals surface area contributed by atoms with Crippen LogP contribution in [-0.4, -0.2) is 62.9 Å². The van der Waals surface area contributed by atoms with Gasteiger partial charge in [0.25, 0.3) is 0 Å². The van der Waals surface area contributed by atoms with Gasteiger partial charge in [-0.3, -0.25) is 9.80 Å². The van der Waals surface area contributed by atoms with Crippen molar-refractivity contribution in [3.63, 3.8) is 0 Å².